The predicted molar refractivity (Wildman–Crippen MR) is 141 cm³/mol. The highest BCUT2D eigenvalue weighted by atomic mass is 19.1. The maximum atomic E-state index is 14.1. The first-order valence-electron chi connectivity index (χ1n) is 13.5. The Balaban J connectivity index is 1.05. The molecule has 0 aromatic heterocycles. The minimum atomic E-state index is -0.203. The predicted octanol–water partition coefficient (Wildman–Crippen LogP) is 3.50. The van der Waals surface area contributed by atoms with Crippen LogP contribution in [-0.2, 0) is 4.79 Å². The van der Waals surface area contributed by atoms with Crippen LogP contribution in [0.2, 0.25) is 0 Å². The fourth-order valence-corrected chi connectivity index (χ4v) is 6.00. The smallest absolute Gasteiger partial charge is 0.253 e. The standard InChI is InChI=1S/C29H37FN4O3/c1-37-25-8-6-22(7-9-25)28(35)33-16-12-24(13-17-33)31-14-10-23(11-15-31)29(36)34-20-18-32(19-21-34)27-5-3-2-4-26(27)30/h2-9,23-24H,10-21H2,1H3. The molecule has 7 nitrogen and oxygen atoms in total. The number of piperazine rings is 1. The van der Waals surface area contributed by atoms with Gasteiger partial charge < -0.3 is 24.3 Å². The van der Waals surface area contributed by atoms with Crippen molar-refractivity contribution in [3.63, 3.8) is 0 Å². The zero-order chi connectivity index (χ0) is 25.8. The van der Waals surface area contributed by atoms with Gasteiger partial charge >= 0.3 is 0 Å². The quantitative estimate of drug-likeness (QED) is 0.619. The number of hydrogen-bond acceptors (Lipinski definition) is 5. The summed E-state index contributed by atoms with van der Waals surface area (Å²) in [7, 11) is 1.62. The molecule has 3 aliphatic heterocycles. The third kappa shape index (κ3) is 5.74. The number of carbonyl (C=O) groups excluding carboxylic acids is 2. The van der Waals surface area contributed by atoms with Gasteiger partial charge in [-0.3, -0.25) is 9.59 Å². The molecule has 2 aromatic carbocycles. The number of carbonyl (C=O) groups is 2. The van der Waals surface area contributed by atoms with Crippen molar-refractivity contribution in [2.24, 2.45) is 5.92 Å². The van der Waals surface area contributed by atoms with Crippen LogP contribution < -0.4 is 9.64 Å². The van der Waals surface area contributed by atoms with Gasteiger partial charge in [-0.15, -0.1) is 0 Å². The lowest BCUT2D eigenvalue weighted by atomic mass is 9.92. The molecule has 0 aliphatic carbocycles. The van der Waals surface area contributed by atoms with Crippen molar-refractivity contribution in [3.8, 4) is 5.75 Å². The van der Waals surface area contributed by atoms with Gasteiger partial charge in [0.15, 0.2) is 0 Å². The van der Waals surface area contributed by atoms with E-state index >= 15 is 0 Å². The summed E-state index contributed by atoms with van der Waals surface area (Å²) in [6.45, 7) is 6.02. The molecule has 0 unspecified atom stereocenters. The molecule has 0 N–H and O–H groups in total. The van der Waals surface area contributed by atoms with Gasteiger partial charge in [0.05, 0.1) is 12.8 Å². The van der Waals surface area contributed by atoms with Crippen LogP contribution in [-0.4, -0.2) is 92.0 Å². The number of benzene rings is 2. The molecule has 0 bridgehead atoms. The van der Waals surface area contributed by atoms with E-state index in [1.54, 1.807) is 13.2 Å². The van der Waals surface area contributed by atoms with Crippen molar-refractivity contribution >= 4 is 17.5 Å². The van der Waals surface area contributed by atoms with Crippen LogP contribution in [0.15, 0.2) is 48.5 Å². The van der Waals surface area contributed by atoms with Crippen molar-refractivity contribution in [2.45, 2.75) is 31.7 Å². The van der Waals surface area contributed by atoms with E-state index in [0.717, 1.165) is 57.6 Å². The zero-order valence-electron chi connectivity index (χ0n) is 21.7. The molecule has 3 fully saturated rings. The minimum Gasteiger partial charge on any atom is -0.497 e. The molecular formula is C29H37FN4O3. The number of likely N-dealkylation sites (tertiary alicyclic amines) is 2. The number of anilines is 1. The topological polar surface area (TPSA) is 56.3 Å². The van der Waals surface area contributed by atoms with Gasteiger partial charge in [-0.25, -0.2) is 4.39 Å². The van der Waals surface area contributed by atoms with E-state index in [9.17, 15) is 14.0 Å². The van der Waals surface area contributed by atoms with Crippen LogP contribution in [0.3, 0.4) is 0 Å². The molecule has 0 spiro atoms. The summed E-state index contributed by atoms with van der Waals surface area (Å²) >= 11 is 0. The molecule has 3 saturated heterocycles. The maximum Gasteiger partial charge on any atom is 0.253 e. The van der Waals surface area contributed by atoms with Crippen LogP contribution in [0.25, 0.3) is 0 Å². The SMILES string of the molecule is COc1ccc(C(=O)N2CCC(N3CCC(C(=O)N4CCN(c5ccccc5F)CC4)CC3)CC2)cc1. The van der Waals surface area contributed by atoms with Crippen LogP contribution in [0.5, 0.6) is 5.75 Å². The normalized spacial score (nSPS) is 20.2. The van der Waals surface area contributed by atoms with Crippen LogP contribution in [0.1, 0.15) is 36.0 Å². The molecule has 5 rings (SSSR count). The van der Waals surface area contributed by atoms with E-state index in [4.69, 9.17) is 4.74 Å². The van der Waals surface area contributed by atoms with Crippen LogP contribution in [0.4, 0.5) is 10.1 Å². The van der Waals surface area contributed by atoms with Crippen molar-refractivity contribution in [2.75, 3.05) is 64.4 Å². The Bertz CT molecular complexity index is 1070. The average molecular weight is 509 g/mol. The Hall–Kier alpha value is -3.13. The zero-order valence-corrected chi connectivity index (χ0v) is 21.7. The fourth-order valence-electron chi connectivity index (χ4n) is 6.00. The first-order chi connectivity index (χ1) is 18.0. The lowest BCUT2D eigenvalue weighted by Crippen LogP contribution is -2.53. The van der Waals surface area contributed by atoms with E-state index in [-0.39, 0.29) is 23.5 Å². The Morgan fingerprint density at radius 2 is 1.43 bits per heavy atom. The highest BCUT2D eigenvalue weighted by molar-refractivity contribution is 5.94. The van der Waals surface area contributed by atoms with E-state index in [0.29, 0.717) is 43.5 Å². The average Bonchev–Trinajstić information content (AvgIpc) is 2.97. The van der Waals surface area contributed by atoms with Gasteiger partial charge in [-0.05, 0) is 75.2 Å². The number of methoxy groups -OCH3 is 1. The Morgan fingerprint density at radius 3 is 2.05 bits per heavy atom. The molecule has 2 aromatic rings. The summed E-state index contributed by atoms with van der Waals surface area (Å²) in [4.78, 5) is 34.6. The molecule has 0 radical (unpaired) electrons. The molecule has 3 aliphatic rings. The van der Waals surface area contributed by atoms with E-state index < -0.39 is 0 Å². The Labute approximate surface area is 218 Å². The van der Waals surface area contributed by atoms with Gasteiger partial charge in [-0.2, -0.15) is 0 Å². The number of nitrogens with zero attached hydrogens (tertiary/aromatic N) is 4. The lowest BCUT2D eigenvalue weighted by molar-refractivity contribution is -0.137. The van der Waals surface area contributed by atoms with Gasteiger partial charge in [0, 0.05) is 56.8 Å². The number of piperidine rings is 2. The third-order valence-electron chi connectivity index (χ3n) is 8.27. The Kier molecular flexibility index (Phi) is 7.93. The van der Waals surface area contributed by atoms with E-state index in [1.165, 1.54) is 6.07 Å². The van der Waals surface area contributed by atoms with E-state index in [1.807, 2.05) is 51.1 Å². The maximum absolute atomic E-state index is 14.1. The van der Waals surface area contributed by atoms with Gasteiger partial charge in [0.25, 0.3) is 5.91 Å². The number of rotatable bonds is 5. The molecule has 198 valence electrons. The fraction of sp³-hybridized carbons (Fsp3) is 0.517. The largest absolute Gasteiger partial charge is 0.497 e. The van der Waals surface area contributed by atoms with Crippen molar-refractivity contribution in [1.82, 2.24) is 14.7 Å². The number of para-hydroxylation sites is 1. The molecule has 0 atom stereocenters. The minimum absolute atomic E-state index is 0.0769. The Morgan fingerprint density at radius 1 is 0.784 bits per heavy atom. The highest BCUT2D eigenvalue weighted by Gasteiger charge is 2.34. The van der Waals surface area contributed by atoms with Crippen molar-refractivity contribution in [1.29, 1.82) is 0 Å². The van der Waals surface area contributed by atoms with Crippen molar-refractivity contribution in [3.05, 3.63) is 59.9 Å². The monoisotopic (exact) mass is 508 g/mol. The summed E-state index contributed by atoms with van der Waals surface area (Å²) in [6.07, 6.45) is 3.71. The second-order valence-electron chi connectivity index (χ2n) is 10.3. The molecular weight excluding hydrogens is 471 g/mol. The van der Waals surface area contributed by atoms with Crippen LogP contribution >= 0.6 is 0 Å². The van der Waals surface area contributed by atoms with Gasteiger partial charge in [0.1, 0.15) is 11.6 Å². The first-order valence-corrected chi connectivity index (χ1v) is 13.5. The number of amides is 2. The molecule has 3 heterocycles. The summed E-state index contributed by atoms with van der Waals surface area (Å²) < 4.78 is 19.3. The number of ether oxygens (including phenoxy) is 1. The molecule has 8 heteroatoms. The first kappa shape index (κ1) is 25.5. The summed E-state index contributed by atoms with van der Waals surface area (Å²) in [5.41, 5.74) is 1.33. The van der Waals surface area contributed by atoms with Gasteiger partial charge in [0.2, 0.25) is 5.91 Å². The molecule has 2 amide bonds. The number of halogens is 1. The summed E-state index contributed by atoms with van der Waals surface area (Å²) in [5, 5.41) is 0. The van der Waals surface area contributed by atoms with Crippen molar-refractivity contribution < 1.29 is 18.7 Å². The summed E-state index contributed by atoms with van der Waals surface area (Å²) in [5.74, 6) is 0.966. The second-order valence-corrected chi connectivity index (χ2v) is 10.3. The second kappa shape index (κ2) is 11.5. The number of hydrogen-bond donors (Lipinski definition) is 0. The van der Waals surface area contributed by atoms with E-state index in [2.05, 4.69) is 4.90 Å². The summed E-state index contributed by atoms with van der Waals surface area (Å²) in [6, 6.07) is 14.6. The molecule has 37 heavy (non-hydrogen) atoms. The highest BCUT2D eigenvalue weighted by Crippen LogP contribution is 2.27. The third-order valence-corrected chi connectivity index (χ3v) is 8.27. The van der Waals surface area contributed by atoms with Gasteiger partial charge in [-0.1, -0.05) is 12.1 Å². The molecule has 0 saturated carbocycles. The van der Waals surface area contributed by atoms with Crippen LogP contribution in [0, 0.1) is 11.7 Å². The lowest BCUT2D eigenvalue weighted by Gasteiger charge is -2.43.